The molecule has 1 atom stereocenters. The van der Waals surface area contributed by atoms with Crippen molar-refractivity contribution >= 4 is 23.6 Å². The molecule has 0 aromatic heterocycles. The molecular formula is C23H33N3O4. The van der Waals surface area contributed by atoms with Gasteiger partial charge in [-0.05, 0) is 44.9 Å². The van der Waals surface area contributed by atoms with Gasteiger partial charge in [-0.15, -0.1) is 0 Å². The highest BCUT2D eigenvalue weighted by Gasteiger charge is 2.35. The zero-order valence-electron chi connectivity index (χ0n) is 18.6. The number of carbonyl (C=O) groups excluding carboxylic acids is 3. The highest BCUT2D eigenvalue weighted by Crippen LogP contribution is 2.31. The van der Waals surface area contributed by atoms with E-state index in [1.54, 1.807) is 52.1 Å². The normalized spacial score (nSPS) is 16.5. The van der Waals surface area contributed by atoms with E-state index in [1.165, 1.54) is 4.90 Å². The molecule has 1 heterocycles. The Hall–Kier alpha value is -2.83. The Morgan fingerprint density at radius 3 is 2.43 bits per heavy atom. The Kier molecular flexibility index (Phi) is 8.45. The summed E-state index contributed by atoms with van der Waals surface area (Å²) in [5.74, 6) is -0.466. The Morgan fingerprint density at radius 2 is 1.83 bits per heavy atom. The van der Waals surface area contributed by atoms with Crippen molar-refractivity contribution in [2.45, 2.75) is 71.9 Å². The van der Waals surface area contributed by atoms with Crippen molar-refractivity contribution in [1.82, 2.24) is 10.2 Å². The van der Waals surface area contributed by atoms with Crippen LogP contribution in [0.2, 0.25) is 0 Å². The lowest BCUT2D eigenvalue weighted by Crippen LogP contribution is -2.46. The molecule has 1 aliphatic rings. The maximum Gasteiger partial charge on any atom is 0.338 e. The smallest absolute Gasteiger partial charge is 0.338 e. The molecule has 0 saturated heterocycles. The third kappa shape index (κ3) is 6.08. The van der Waals surface area contributed by atoms with Crippen molar-refractivity contribution in [1.29, 1.82) is 0 Å². The molecule has 1 aliphatic heterocycles. The number of anilines is 1. The fourth-order valence-corrected chi connectivity index (χ4v) is 3.32. The van der Waals surface area contributed by atoms with Crippen molar-refractivity contribution in [2.24, 2.45) is 0 Å². The highest BCUT2D eigenvalue weighted by molar-refractivity contribution is 5.95. The van der Waals surface area contributed by atoms with Crippen molar-refractivity contribution in [3.05, 3.63) is 41.1 Å². The Morgan fingerprint density at radius 1 is 1.17 bits per heavy atom. The Labute approximate surface area is 178 Å². The number of nitrogens with zero attached hydrogens (tertiary/aromatic N) is 1. The summed E-state index contributed by atoms with van der Waals surface area (Å²) in [4.78, 5) is 38.5. The molecule has 7 nitrogen and oxygen atoms in total. The first-order valence-electron chi connectivity index (χ1n) is 10.6. The number of nitrogens with one attached hydrogen (secondary N) is 2. The third-order valence-electron chi connectivity index (χ3n) is 5.10. The van der Waals surface area contributed by atoms with Gasteiger partial charge in [0.2, 0.25) is 5.91 Å². The predicted octanol–water partition coefficient (Wildman–Crippen LogP) is 4.52. The monoisotopic (exact) mass is 415 g/mol. The average Bonchev–Trinajstić information content (AvgIpc) is 2.69. The number of urea groups is 1. The first-order chi connectivity index (χ1) is 14.2. The van der Waals surface area contributed by atoms with Crippen molar-refractivity contribution < 1.29 is 19.1 Å². The van der Waals surface area contributed by atoms with Gasteiger partial charge in [0.1, 0.15) is 0 Å². The summed E-state index contributed by atoms with van der Waals surface area (Å²) in [6, 6.07) is 6.27. The second-order valence-electron chi connectivity index (χ2n) is 7.88. The molecule has 1 aromatic rings. The van der Waals surface area contributed by atoms with Crippen LogP contribution >= 0.6 is 0 Å². The number of esters is 1. The summed E-state index contributed by atoms with van der Waals surface area (Å²) >= 11 is 0. The van der Waals surface area contributed by atoms with Crippen molar-refractivity contribution in [2.75, 3.05) is 12.4 Å². The second kappa shape index (κ2) is 10.8. The lowest BCUT2D eigenvalue weighted by Gasteiger charge is -2.33. The summed E-state index contributed by atoms with van der Waals surface area (Å²) in [5.41, 5.74) is 2.38. The summed E-state index contributed by atoms with van der Waals surface area (Å²) in [5, 5.41) is 5.75. The summed E-state index contributed by atoms with van der Waals surface area (Å²) in [6.07, 6.45) is 4.44. The van der Waals surface area contributed by atoms with Gasteiger partial charge in [-0.1, -0.05) is 38.3 Å². The van der Waals surface area contributed by atoms with Gasteiger partial charge < -0.3 is 20.3 Å². The van der Waals surface area contributed by atoms with Crippen LogP contribution in [-0.4, -0.2) is 36.0 Å². The van der Waals surface area contributed by atoms with E-state index in [0.29, 0.717) is 23.4 Å². The molecule has 3 amide bonds. The molecule has 0 spiro atoms. The number of amides is 3. The van der Waals surface area contributed by atoms with E-state index in [1.807, 2.05) is 0 Å². The minimum atomic E-state index is -0.612. The Bertz CT molecular complexity index is 799. The standard InChI is InChI=1S/C23H33N3O4/c1-6-7-8-9-10-19(27)24-18-13-11-17(12-14-18)21-20(22(28)30-15(2)3)16(4)26(5)23(29)25-21/h11-15,21H,6-10H2,1-5H3,(H,24,27)(H,25,29). The molecule has 2 rings (SSSR count). The number of allylic oxidation sites excluding steroid dienone is 1. The second-order valence-corrected chi connectivity index (χ2v) is 7.88. The molecule has 164 valence electrons. The minimum absolute atomic E-state index is 0.0108. The topological polar surface area (TPSA) is 87.7 Å². The van der Waals surface area contributed by atoms with Crippen LogP contribution in [0, 0.1) is 0 Å². The number of ether oxygens (including phenoxy) is 1. The number of carbonyl (C=O) groups is 3. The first-order valence-corrected chi connectivity index (χ1v) is 10.6. The minimum Gasteiger partial charge on any atom is -0.459 e. The molecule has 0 saturated carbocycles. The van der Waals surface area contributed by atoms with Crippen LogP contribution in [0.1, 0.15) is 71.4 Å². The molecule has 30 heavy (non-hydrogen) atoms. The van der Waals surface area contributed by atoms with E-state index in [0.717, 1.165) is 31.2 Å². The SMILES string of the molecule is CCCCCCC(=O)Nc1ccc(C2NC(=O)N(C)C(C)=C2C(=O)OC(C)C)cc1. The predicted molar refractivity (Wildman–Crippen MR) is 117 cm³/mol. The number of rotatable bonds is 9. The van der Waals surface area contributed by atoms with E-state index in [4.69, 9.17) is 4.74 Å². The van der Waals surface area contributed by atoms with Crippen molar-refractivity contribution in [3.8, 4) is 0 Å². The molecule has 7 heteroatoms. The quantitative estimate of drug-likeness (QED) is 0.459. The zero-order valence-corrected chi connectivity index (χ0v) is 18.6. The maximum absolute atomic E-state index is 12.7. The van der Waals surface area contributed by atoms with E-state index >= 15 is 0 Å². The number of hydrogen-bond donors (Lipinski definition) is 2. The van der Waals surface area contributed by atoms with Gasteiger partial charge in [0.25, 0.3) is 0 Å². The van der Waals surface area contributed by atoms with Crippen LogP contribution < -0.4 is 10.6 Å². The van der Waals surface area contributed by atoms with E-state index < -0.39 is 12.0 Å². The number of unbranched alkanes of at least 4 members (excludes halogenated alkanes) is 3. The molecule has 2 N–H and O–H groups in total. The molecular weight excluding hydrogens is 382 g/mol. The van der Waals surface area contributed by atoms with Gasteiger partial charge in [-0.2, -0.15) is 0 Å². The van der Waals surface area contributed by atoms with E-state index in [9.17, 15) is 14.4 Å². The molecule has 1 aromatic carbocycles. The Balaban J connectivity index is 2.15. The van der Waals surface area contributed by atoms with E-state index in [2.05, 4.69) is 17.6 Å². The van der Waals surface area contributed by atoms with Gasteiger partial charge in [0.05, 0.1) is 17.7 Å². The largest absolute Gasteiger partial charge is 0.459 e. The summed E-state index contributed by atoms with van der Waals surface area (Å²) in [7, 11) is 1.61. The first kappa shape index (κ1) is 23.4. The third-order valence-corrected chi connectivity index (χ3v) is 5.10. The van der Waals surface area contributed by atoms with Crippen LogP contribution in [0.5, 0.6) is 0 Å². The van der Waals surface area contributed by atoms with Gasteiger partial charge >= 0.3 is 12.0 Å². The highest BCUT2D eigenvalue weighted by atomic mass is 16.5. The average molecular weight is 416 g/mol. The summed E-state index contributed by atoms with van der Waals surface area (Å²) < 4.78 is 5.39. The molecule has 0 bridgehead atoms. The molecule has 0 fully saturated rings. The number of benzene rings is 1. The number of hydrogen-bond acceptors (Lipinski definition) is 4. The fraction of sp³-hybridized carbons (Fsp3) is 0.522. The lowest BCUT2D eigenvalue weighted by atomic mass is 9.95. The van der Waals surface area contributed by atoms with Gasteiger partial charge in [-0.25, -0.2) is 9.59 Å². The lowest BCUT2D eigenvalue weighted by molar-refractivity contribution is -0.143. The van der Waals surface area contributed by atoms with Crippen LogP contribution in [0.15, 0.2) is 35.5 Å². The van der Waals surface area contributed by atoms with Crippen LogP contribution in [-0.2, 0) is 14.3 Å². The van der Waals surface area contributed by atoms with Crippen LogP contribution in [0.3, 0.4) is 0 Å². The molecule has 1 unspecified atom stereocenters. The molecule has 0 aliphatic carbocycles. The zero-order chi connectivity index (χ0) is 22.3. The van der Waals surface area contributed by atoms with Crippen LogP contribution in [0.25, 0.3) is 0 Å². The van der Waals surface area contributed by atoms with Gasteiger partial charge in [0, 0.05) is 24.9 Å². The van der Waals surface area contributed by atoms with E-state index in [-0.39, 0.29) is 18.0 Å². The van der Waals surface area contributed by atoms with Crippen molar-refractivity contribution in [3.63, 3.8) is 0 Å². The van der Waals surface area contributed by atoms with Gasteiger partial charge in [-0.3, -0.25) is 4.79 Å². The molecule has 0 radical (unpaired) electrons. The summed E-state index contributed by atoms with van der Waals surface area (Å²) in [6.45, 7) is 7.44. The van der Waals surface area contributed by atoms with Gasteiger partial charge in [0.15, 0.2) is 0 Å². The van der Waals surface area contributed by atoms with Crippen LogP contribution in [0.4, 0.5) is 10.5 Å². The maximum atomic E-state index is 12.7. The fourth-order valence-electron chi connectivity index (χ4n) is 3.32.